The first-order valence-electron chi connectivity index (χ1n) is 8.84. The average Bonchev–Trinajstić information content (AvgIpc) is 3.03. The molecule has 0 bridgehead atoms. The van der Waals surface area contributed by atoms with Gasteiger partial charge in [-0.15, -0.1) is 0 Å². The minimum atomic E-state index is -0.424. The number of amides is 2. The predicted molar refractivity (Wildman–Crippen MR) is 105 cm³/mol. The topological polar surface area (TPSA) is 67.9 Å². The number of methoxy groups -OCH3 is 2. The van der Waals surface area contributed by atoms with Crippen LogP contribution in [0.1, 0.15) is 17.5 Å². The lowest BCUT2D eigenvalue weighted by atomic mass is 10.1. The number of anilines is 2. The first-order chi connectivity index (χ1) is 12.9. The van der Waals surface area contributed by atoms with E-state index < -0.39 is 5.92 Å². The number of para-hydroxylation sites is 1. The number of rotatable bonds is 5. The van der Waals surface area contributed by atoms with Crippen LogP contribution in [-0.4, -0.2) is 32.6 Å². The molecular weight excluding hydrogens is 344 g/mol. The molecule has 2 aromatic carbocycles. The lowest BCUT2D eigenvalue weighted by molar-refractivity contribution is -0.122. The Labute approximate surface area is 159 Å². The molecule has 27 heavy (non-hydrogen) atoms. The monoisotopic (exact) mass is 368 g/mol. The molecule has 0 aromatic heterocycles. The summed E-state index contributed by atoms with van der Waals surface area (Å²) >= 11 is 0. The van der Waals surface area contributed by atoms with Gasteiger partial charge in [0.2, 0.25) is 11.8 Å². The zero-order valence-corrected chi connectivity index (χ0v) is 16.0. The Morgan fingerprint density at radius 3 is 2.44 bits per heavy atom. The van der Waals surface area contributed by atoms with Crippen LogP contribution in [0.15, 0.2) is 36.4 Å². The maximum atomic E-state index is 12.8. The highest BCUT2D eigenvalue weighted by Gasteiger charge is 2.36. The van der Waals surface area contributed by atoms with Crippen LogP contribution in [0.3, 0.4) is 0 Å². The fraction of sp³-hybridized carbons (Fsp3) is 0.333. The third-order valence-electron chi connectivity index (χ3n) is 4.87. The molecule has 1 N–H and O–H groups in total. The van der Waals surface area contributed by atoms with E-state index in [0.29, 0.717) is 23.7 Å². The van der Waals surface area contributed by atoms with Crippen molar-refractivity contribution in [1.82, 2.24) is 0 Å². The van der Waals surface area contributed by atoms with Gasteiger partial charge in [-0.05, 0) is 37.1 Å². The van der Waals surface area contributed by atoms with Gasteiger partial charge in [0.25, 0.3) is 0 Å². The highest BCUT2D eigenvalue weighted by molar-refractivity contribution is 6.04. The van der Waals surface area contributed by atoms with E-state index in [9.17, 15) is 9.59 Å². The molecule has 1 fully saturated rings. The summed E-state index contributed by atoms with van der Waals surface area (Å²) in [5.41, 5.74) is 3.48. The van der Waals surface area contributed by atoms with Gasteiger partial charge in [-0.3, -0.25) is 9.59 Å². The number of nitrogens with one attached hydrogen (secondary N) is 1. The van der Waals surface area contributed by atoms with Crippen molar-refractivity contribution in [3.8, 4) is 11.5 Å². The van der Waals surface area contributed by atoms with Gasteiger partial charge < -0.3 is 19.7 Å². The van der Waals surface area contributed by atoms with E-state index in [1.807, 2.05) is 32.0 Å². The fourth-order valence-corrected chi connectivity index (χ4v) is 3.48. The van der Waals surface area contributed by atoms with E-state index in [1.54, 1.807) is 37.3 Å². The zero-order chi connectivity index (χ0) is 19.6. The van der Waals surface area contributed by atoms with Crippen molar-refractivity contribution in [3.05, 3.63) is 47.5 Å². The molecule has 2 aromatic rings. The smallest absolute Gasteiger partial charge is 0.229 e. The van der Waals surface area contributed by atoms with Gasteiger partial charge in [0.15, 0.2) is 0 Å². The number of nitrogens with zero attached hydrogens (tertiary/aromatic N) is 1. The van der Waals surface area contributed by atoms with Crippen LogP contribution in [0.2, 0.25) is 0 Å². The molecule has 3 rings (SSSR count). The largest absolute Gasteiger partial charge is 0.497 e. The molecule has 2 amide bonds. The summed E-state index contributed by atoms with van der Waals surface area (Å²) in [6.07, 6.45) is 0.186. The van der Waals surface area contributed by atoms with Crippen LogP contribution in [0, 0.1) is 19.8 Å². The van der Waals surface area contributed by atoms with Crippen LogP contribution in [0.25, 0.3) is 0 Å². The van der Waals surface area contributed by atoms with E-state index in [4.69, 9.17) is 9.47 Å². The Bertz CT molecular complexity index is 858. The Hall–Kier alpha value is -3.02. The van der Waals surface area contributed by atoms with E-state index in [0.717, 1.165) is 16.8 Å². The Morgan fingerprint density at radius 1 is 1.11 bits per heavy atom. The van der Waals surface area contributed by atoms with Crippen LogP contribution < -0.4 is 19.7 Å². The van der Waals surface area contributed by atoms with Crippen molar-refractivity contribution >= 4 is 23.2 Å². The highest BCUT2D eigenvalue weighted by Crippen LogP contribution is 2.33. The number of ether oxygens (including phenoxy) is 2. The normalized spacial score (nSPS) is 16.4. The molecule has 0 unspecified atom stereocenters. The number of carbonyl (C=O) groups excluding carboxylic acids is 2. The van der Waals surface area contributed by atoms with Crippen molar-refractivity contribution in [2.45, 2.75) is 20.3 Å². The molecule has 1 heterocycles. The van der Waals surface area contributed by atoms with E-state index in [1.165, 1.54) is 0 Å². The lowest BCUT2D eigenvalue weighted by Crippen LogP contribution is -2.29. The number of carbonyl (C=O) groups is 2. The van der Waals surface area contributed by atoms with E-state index in [-0.39, 0.29) is 18.2 Å². The van der Waals surface area contributed by atoms with Gasteiger partial charge in [-0.1, -0.05) is 18.2 Å². The summed E-state index contributed by atoms with van der Waals surface area (Å²) < 4.78 is 10.5. The van der Waals surface area contributed by atoms with Crippen molar-refractivity contribution in [2.24, 2.45) is 5.92 Å². The summed E-state index contributed by atoms with van der Waals surface area (Å²) in [6.45, 7) is 4.32. The number of benzene rings is 2. The van der Waals surface area contributed by atoms with Crippen LogP contribution in [0.5, 0.6) is 11.5 Å². The molecule has 6 nitrogen and oxygen atoms in total. The summed E-state index contributed by atoms with van der Waals surface area (Å²) in [7, 11) is 3.10. The van der Waals surface area contributed by atoms with E-state index >= 15 is 0 Å². The molecule has 1 aliphatic heterocycles. The standard InChI is InChI=1S/C21H24N2O4/c1-13-6-5-7-14(2)20(13)23-12-15(10-19(23)24)21(25)22-17-11-16(26-3)8-9-18(17)27-4/h5-9,11,15H,10,12H2,1-4H3,(H,22,25)/t15-/m0/s1. The molecule has 0 radical (unpaired) electrons. The summed E-state index contributed by atoms with van der Waals surface area (Å²) in [5.74, 6) is 0.493. The van der Waals surface area contributed by atoms with E-state index in [2.05, 4.69) is 5.32 Å². The van der Waals surface area contributed by atoms with Crippen molar-refractivity contribution in [3.63, 3.8) is 0 Å². The second-order valence-corrected chi connectivity index (χ2v) is 6.70. The predicted octanol–water partition coefficient (Wildman–Crippen LogP) is 3.31. The molecule has 1 saturated heterocycles. The van der Waals surface area contributed by atoms with Crippen LogP contribution in [-0.2, 0) is 9.59 Å². The lowest BCUT2D eigenvalue weighted by Gasteiger charge is -2.21. The SMILES string of the molecule is COc1ccc(OC)c(NC(=O)[C@H]2CC(=O)N(c3c(C)cccc3C)C2)c1. The second-order valence-electron chi connectivity index (χ2n) is 6.70. The van der Waals surface area contributed by atoms with Gasteiger partial charge in [-0.2, -0.15) is 0 Å². The minimum absolute atomic E-state index is 0.0369. The van der Waals surface area contributed by atoms with Crippen molar-refractivity contribution in [2.75, 3.05) is 31.0 Å². The summed E-state index contributed by atoms with van der Waals surface area (Å²) in [6, 6.07) is 11.1. The average molecular weight is 368 g/mol. The molecule has 1 atom stereocenters. The van der Waals surface area contributed by atoms with Gasteiger partial charge in [0.05, 0.1) is 25.8 Å². The quantitative estimate of drug-likeness (QED) is 0.879. The zero-order valence-electron chi connectivity index (χ0n) is 16.0. The molecule has 0 saturated carbocycles. The number of hydrogen-bond donors (Lipinski definition) is 1. The summed E-state index contributed by atoms with van der Waals surface area (Å²) in [5, 5.41) is 2.88. The number of hydrogen-bond acceptors (Lipinski definition) is 4. The Kier molecular flexibility index (Phi) is 5.35. The minimum Gasteiger partial charge on any atom is -0.497 e. The molecule has 6 heteroatoms. The van der Waals surface area contributed by atoms with Crippen LogP contribution in [0.4, 0.5) is 11.4 Å². The van der Waals surface area contributed by atoms with Gasteiger partial charge in [-0.25, -0.2) is 0 Å². The molecule has 1 aliphatic rings. The second kappa shape index (κ2) is 7.70. The Balaban J connectivity index is 1.79. The van der Waals surface area contributed by atoms with Crippen LogP contribution >= 0.6 is 0 Å². The first kappa shape index (κ1) is 18.8. The fourth-order valence-electron chi connectivity index (χ4n) is 3.48. The van der Waals surface area contributed by atoms with Crippen molar-refractivity contribution < 1.29 is 19.1 Å². The number of aryl methyl sites for hydroxylation is 2. The maximum Gasteiger partial charge on any atom is 0.229 e. The summed E-state index contributed by atoms with van der Waals surface area (Å²) in [4.78, 5) is 27.1. The maximum absolute atomic E-state index is 12.8. The van der Waals surface area contributed by atoms with Gasteiger partial charge in [0.1, 0.15) is 11.5 Å². The molecule has 0 aliphatic carbocycles. The molecular formula is C21H24N2O4. The third kappa shape index (κ3) is 3.74. The van der Waals surface area contributed by atoms with Gasteiger partial charge in [0, 0.05) is 24.7 Å². The Morgan fingerprint density at radius 2 is 1.81 bits per heavy atom. The highest BCUT2D eigenvalue weighted by atomic mass is 16.5. The van der Waals surface area contributed by atoms with Gasteiger partial charge >= 0.3 is 0 Å². The molecule has 0 spiro atoms. The molecule has 142 valence electrons. The first-order valence-corrected chi connectivity index (χ1v) is 8.84. The third-order valence-corrected chi connectivity index (χ3v) is 4.87. The van der Waals surface area contributed by atoms with Crippen molar-refractivity contribution in [1.29, 1.82) is 0 Å².